The van der Waals surface area contributed by atoms with Crippen LogP contribution < -0.4 is 14.5 Å². The van der Waals surface area contributed by atoms with Crippen LogP contribution in [0.5, 0.6) is 5.75 Å². The third-order valence-electron chi connectivity index (χ3n) is 6.81. The molecule has 2 N–H and O–H groups in total. The number of hydrogen-bond acceptors (Lipinski definition) is 5. The van der Waals surface area contributed by atoms with Crippen LogP contribution in [0, 0.1) is 13.8 Å². The quantitative estimate of drug-likeness (QED) is 0.355. The monoisotopic (exact) mass is 476 g/mol. The topological polar surface area (TPSA) is 56.2 Å². The van der Waals surface area contributed by atoms with Gasteiger partial charge in [0.2, 0.25) is 0 Å². The summed E-state index contributed by atoms with van der Waals surface area (Å²) in [5.74, 6) is 0.918. The first-order valence-electron chi connectivity index (χ1n) is 12.5. The summed E-state index contributed by atoms with van der Waals surface area (Å²) in [6, 6.07) is 21.6. The Morgan fingerprint density at radius 2 is 1.17 bits per heavy atom. The highest BCUT2D eigenvalue weighted by molar-refractivity contribution is 5.58. The number of nitrogens with zero attached hydrogens (tertiary/aromatic N) is 2. The minimum Gasteiger partial charge on any atom is -0.497 e. The zero-order valence-corrected chi connectivity index (χ0v) is 21.8. The Balaban J connectivity index is 2.11. The molecule has 0 unspecified atom stereocenters. The minimum absolute atomic E-state index is 0.0739. The molecule has 0 aromatic heterocycles. The second kappa shape index (κ2) is 12.6. The predicted molar refractivity (Wildman–Crippen MR) is 146 cm³/mol. The maximum absolute atomic E-state index is 9.46. The molecular formula is C30H40N2O3. The summed E-state index contributed by atoms with van der Waals surface area (Å²) >= 11 is 0. The number of ether oxygens (including phenoxy) is 1. The third kappa shape index (κ3) is 6.16. The normalized spacial score (nSPS) is 11.1. The SMILES string of the molecule is CCN(CCO)c1ccc(C(c2ccc(OC)cc2)c2ccc(N(CC)CCO)cc2C)c(C)c1. The summed E-state index contributed by atoms with van der Waals surface area (Å²) in [6.45, 7) is 11.8. The van der Waals surface area contributed by atoms with E-state index in [9.17, 15) is 10.2 Å². The second-order valence-corrected chi connectivity index (χ2v) is 8.89. The molecule has 3 aromatic carbocycles. The van der Waals surface area contributed by atoms with Crippen molar-refractivity contribution in [2.24, 2.45) is 0 Å². The van der Waals surface area contributed by atoms with Crippen molar-refractivity contribution >= 4 is 11.4 Å². The molecule has 5 nitrogen and oxygen atoms in total. The van der Waals surface area contributed by atoms with Crippen molar-refractivity contribution in [1.82, 2.24) is 0 Å². The van der Waals surface area contributed by atoms with E-state index in [1.54, 1.807) is 7.11 Å². The number of anilines is 2. The summed E-state index contributed by atoms with van der Waals surface area (Å²) in [4.78, 5) is 4.39. The summed E-state index contributed by atoms with van der Waals surface area (Å²) in [6.07, 6.45) is 0. The molecule has 0 atom stereocenters. The number of aliphatic hydroxyl groups excluding tert-OH is 2. The molecule has 0 saturated heterocycles. The van der Waals surface area contributed by atoms with Crippen molar-refractivity contribution in [3.05, 3.63) is 88.5 Å². The van der Waals surface area contributed by atoms with Crippen molar-refractivity contribution in [2.75, 3.05) is 56.3 Å². The average molecular weight is 477 g/mol. The Labute approximate surface area is 210 Å². The van der Waals surface area contributed by atoms with E-state index in [2.05, 4.69) is 86.0 Å². The van der Waals surface area contributed by atoms with Crippen LogP contribution in [0.2, 0.25) is 0 Å². The smallest absolute Gasteiger partial charge is 0.118 e. The van der Waals surface area contributed by atoms with Crippen molar-refractivity contribution in [1.29, 1.82) is 0 Å². The van der Waals surface area contributed by atoms with Crippen LogP contribution in [0.15, 0.2) is 60.7 Å². The van der Waals surface area contributed by atoms with Gasteiger partial charge in [-0.15, -0.1) is 0 Å². The van der Waals surface area contributed by atoms with E-state index in [0.29, 0.717) is 13.1 Å². The van der Waals surface area contributed by atoms with Crippen LogP contribution in [0.25, 0.3) is 0 Å². The molecule has 0 fully saturated rings. The molecule has 5 heteroatoms. The molecule has 35 heavy (non-hydrogen) atoms. The van der Waals surface area contributed by atoms with Gasteiger partial charge in [0, 0.05) is 43.5 Å². The molecule has 0 saturated carbocycles. The molecule has 0 bridgehead atoms. The van der Waals surface area contributed by atoms with Gasteiger partial charge in [0.15, 0.2) is 0 Å². The number of benzene rings is 3. The van der Waals surface area contributed by atoms with Crippen molar-refractivity contribution < 1.29 is 14.9 Å². The minimum atomic E-state index is 0.0739. The fraction of sp³-hybridized carbons (Fsp3) is 0.400. The van der Waals surface area contributed by atoms with Gasteiger partial charge in [-0.05, 0) is 91.9 Å². The van der Waals surface area contributed by atoms with Gasteiger partial charge < -0.3 is 24.7 Å². The Hall–Kier alpha value is -3.02. The highest BCUT2D eigenvalue weighted by Gasteiger charge is 2.22. The zero-order chi connectivity index (χ0) is 25.4. The summed E-state index contributed by atoms with van der Waals surface area (Å²) in [5.41, 5.74) is 8.44. The standard InChI is InChI=1S/C30H40N2O3/c1-6-31(16-18-33)25-10-14-28(22(3)20-25)30(24-8-12-27(35-5)13-9-24)29-15-11-26(21-23(29)4)32(7-2)17-19-34/h8-15,20-21,30,33-34H,6-7,16-19H2,1-5H3. The second-order valence-electron chi connectivity index (χ2n) is 8.89. The lowest BCUT2D eigenvalue weighted by Crippen LogP contribution is -2.26. The molecule has 0 aliphatic heterocycles. The molecule has 0 radical (unpaired) electrons. The van der Waals surface area contributed by atoms with Crippen molar-refractivity contribution in [3.8, 4) is 5.75 Å². The summed E-state index contributed by atoms with van der Waals surface area (Å²) in [5, 5.41) is 18.9. The number of aliphatic hydroxyl groups is 2. The van der Waals surface area contributed by atoms with Crippen LogP contribution in [0.1, 0.15) is 47.6 Å². The van der Waals surface area contributed by atoms with Gasteiger partial charge in [0.25, 0.3) is 0 Å². The fourth-order valence-corrected chi connectivity index (χ4v) is 4.86. The number of methoxy groups -OCH3 is 1. The summed E-state index contributed by atoms with van der Waals surface area (Å²) < 4.78 is 5.41. The van der Waals surface area contributed by atoms with E-state index in [4.69, 9.17) is 4.74 Å². The maximum Gasteiger partial charge on any atom is 0.118 e. The van der Waals surface area contributed by atoms with Gasteiger partial charge >= 0.3 is 0 Å². The number of likely N-dealkylation sites (N-methyl/N-ethyl adjacent to an activating group) is 2. The Morgan fingerprint density at radius 3 is 1.51 bits per heavy atom. The average Bonchev–Trinajstić information content (AvgIpc) is 2.88. The van der Waals surface area contributed by atoms with Crippen LogP contribution in [-0.4, -0.2) is 56.7 Å². The van der Waals surface area contributed by atoms with Gasteiger partial charge in [0.05, 0.1) is 20.3 Å². The number of aryl methyl sites for hydroxylation is 2. The Bertz CT molecular complexity index is 1020. The van der Waals surface area contributed by atoms with Gasteiger partial charge in [-0.25, -0.2) is 0 Å². The molecule has 0 aliphatic carbocycles. The predicted octanol–water partition coefficient (Wildman–Crippen LogP) is 5.13. The van der Waals surface area contributed by atoms with Gasteiger partial charge in [-0.1, -0.05) is 24.3 Å². The first-order chi connectivity index (χ1) is 17.0. The summed E-state index contributed by atoms with van der Waals surface area (Å²) in [7, 11) is 1.69. The number of hydrogen-bond donors (Lipinski definition) is 2. The van der Waals surface area contributed by atoms with E-state index in [-0.39, 0.29) is 19.1 Å². The van der Waals surface area contributed by atoms with Crippen LogP contribution in [0.3, 0.4) is 0 Å². The Morgan fingerprint density at radius 1 is 0.714 bits per heavy atom. The van der Waals surface area contributed by atoms with Crippen LogP contribution in [-0.2, 0) is 0 Å². The van der Waals surface area contributed by atoms with E-state index in [0.717, 1.165) is 30.2 Å². The largest absolute Gasteiger partial charge is 0.497 e. The third-order valence-corrected chi connectivity index (χ3v) is 6.81. The molecular weight excluding hydrogens is 436 g/mol. The van der Waals surface area contributed by atoms with Crippen molar-refractivity contribution in [2.45, 2.75) is 33.6 Å². The lowest BCUT2D eigenvalue weighted by atomic mass is 9.81. The zero-order valence-electron chi connectivity index (χ0n) is 21.8. The van der Waals surface area contributed by atoms with Gasteiger partial charge in [0.1, 0.15) is 5.75 Å². The van der Waals surface area contributed by atoms with Crippen molar-refractivity contribution in [3.63, 3.8) is 0 Å². The molecule has 3 aromatic rings. The Kier molecular flexibility index (Phi) is 9.58. The van der Waals surface area contributed by atoms with Crippen LogP contribution in [0.4, 0.5) is 11.4 Å². The van der Waals surface area contributed by atoms with Gasteiger partial charge in [-0.3, -0.25) is 0 Å². The number of rotatable bonds is 12. The highest BCUT2D eigenvalue weighted by Crippen LogP contribution is 2.38. The molecule has 3 rings (SSSR count). The first-order valence-corrected chi connectivity index (χ1v) is 12.5. The highest BCUT2D eigenvalue weighted by atomic mass is 16.5. The molecule has 188 valence electrons. The van der Waals surface area contributed by atoms with E-state index in [1.807, 2.05) is 12.1 Å². The lowest BCUT2D eigenvalue weighted by molar-refractivity contribution is 0.302. The fourth-order valence-electron chi connectivity index (χ4n) is 4.86. The molecule has 0 aliphatic rings. The molecule has 0 spiro atoms. The van der Waals surface area contributed by atoms with Gasteiger partial charge in [-0.2, -0.15) is 0 Å². The lowest BCUT2D eigenvalue weighted by Gasteiger charge is -2.28. The molecule has 0 amide bonds. The van der Waals surface area contributed by atoms with E-state index >= 15 is 0 Å². The first kappa shape index (κ1) is 26.6. The van der Waals surface area contributed by atoms with E-state index < -0.39 is 0 Å². The molecule has 0 heterocycles. The van der Waals surface area contributed by atoms with E-state index in [1.165, 1.54) is 27.8 Å². The van der Waals surface area contributed by atoms with Crippen LogP contribution >= 0.6 is 0 Å². The maximum atomic E-state index is 9.46.